The van der Waals surface area contributed by atoms with Gasteiger partial charge in [-0.25, -0.2) is 9.67 Å². The first kappa shape index (κ1) is 11.2. The number of hydrogen-bond acceptors (Lipinski definition) is 3. The van der Waals surface area contributed by atoms with Crippen LogP contribution in [0.2, 0.25) is 5.02 Å². The summed E-state index contributed by atoms with van der Waals surface area (Å²) in [5.74, 6) is 0. The number of aryl methyl sites for hydroxylation is 1. The van der Waals surface area contributed by atoms with Crippen molar-refractivity contribution >= 4 is 22.6 Å². The van der Waals surface area contributed by atoms with Gasteiger partial charge >= 0.3 is 0 Å². The number of nitrogens with zero attached hydrogens (tertiary/aromatic N) is 4. The Bertz CT molecular complexity index is 691. The molecule has 3 rings (SSSR count). The molecule has 18 heavy (non-hydrogen) atoms. The van der Waals surface area contributed by atoms with Gasteiger partial charge in [0.1, 0.15) is 0 Å². The average molecular weight is 259 g/mol. The number of aromatic nitrogens is 4. The van der Waals surface area contributed by atoms with Gasteiger partial charge in [0, 0.05) is 18.6 Å². The standard InChI is InChI=1S/C13H11ClN4/c1-9-12-11(14)4-7-16-13(12)18(17-9)8-10-2-5-15-6-3-10/h2-7H,8H2,1H3. The third-order valence-electron chi connectivity index (χ3n) is 2.84. The zero-order chi connectivity index (χ0) is 12.5. The van der Waals surface area contributed by atoms with Crippen LogP contribution in [0, 0.1) is 6.92 Å². The van der Waals surface area contributed by atoms with Crippen LogP contribution in [-0.2, 0) is 6.54 Å². The molecule has 3 aromatic rings. The molecule has 3 heterocycles. The van der Waals surface area contributed by atoms with E-state index in [1.54, 1.807) is 24.7 Å². The molecule has 0 unspecified atom stereocenters. The fraction of sp³-hybridized carbons (Fsp3) is 0.154. The highest BCUT2D eigenvalue weighted by Gasteiger charge is 2.11. The highest BCUT2D eigenvalue weighted by atomic mass is 35.5. The molecule has 0 spiro atoms. The molecule has 4 nitrogen and oxygen atoms in total. The molecule has 0 bridgehead atoms. The summed E-state index contributed by atoms with van der Waals surface area (Å²) in [6.07, 6.45) is 5.25. The predicted molar refractivity (Wildman–Crippen MR) is 70.6 cm³/mol. The van der Waals surface area contributed by atoms with Gasteiger partial charge in [0.05, 0.1) is 22.6 Å². The van der Waals surface area contributed by atoms with Crippen LogP contribution < -0.4 is 0 Å². The monoisotopic (exact) mass is 258 g/mol. The summed E-state index contributed by atoms with van der Waals surface area (Å²) in [7, 11) is 0. The quantitative estimate of drug-likeness (QED) is 0.710. The van der Waals surface area contributed by atoms with Gasteiger partial charge in [0.15, 0.2) is 5.65 Å². The van der Waals surface area contributed by atoms with Crippen molar-refractivity contribution in [3.8, 4) is 0 Å². The smallest absolute Gasteiger partial charge is 0.159 e. The second-order valence-corrected chi connectivity index (χ2v) is 4.50. The van der Waals surface area contributed by atoms with Crippen molar-refractivity contribution < 1.29 is 0 Å². The molecule has 0 radical (unpaired) electrons. The number of fused-ring (bicyclic) bond motifs is 1. The van der Waals surface area contributed by atoms with Crippen molar-refractivity contribution in [1.29, 1.82) is 0 Å². The first-order chi connectivity index (χ1) is 8.75. The van der Waals surface area contributed by atoms with Gasteiger partial charge in [0.2, 0.25) is 0 Å². The van der Waals surface area contributed by atoms with Gasteiger partial charge in [-0.2, -0.15) is 5.10 Å². The van der Waals surface area contributed by atoms with Crippen LogP contribution in [0.3, 0.4) is 0 Å². The molecule has 0 saturated carbocycles. The lowest BCUT2D eigenvalue weighted by Crippen LogP contribution is -2.02. The number of hydrogen-bond donors (Lipinski definition) is 0. The van der Waals surface area contributed by atoms with Gasteiger partial charge in [0.25, 0.3) is 0 Å². The number of pyridine rings is 2. The summed E-state index contributed by atoms with van der Waals surface area (Å²) in [6, 6.07) is 5.72. The minimum absolute atomic E-state index is 0.667. The topological polar surface area (TPSA) is 43.6 Å². The van der Waals surface area contributed by atoms with Gasteiger partial charge in [-0.3, -0.25) is 4.98 Å². The zero-order valence-electron chi connectivity index (χ0n) is 9.84. The summed E-state index contributed by atoms with van der Waals surface area (Å²) in [6.45, 7) is 2.61. The summed E-state index contributed by atoms with van der Waals surface area (Å²) >= 11 is 6.18. The van der Waals surface area contributed by atoms with Crippen LogP contribution in [0.25, 0.3) is 11.0 Å². The molecule has 0 amide bonds. The molecule has 0 saturated heterocycles. The van der Waals surface area contributed by atoms with E-state index in [0.717, 1.165) is 22.3 Å². The van der Waals surface area contributed by atoms with E-state index >= 15 is 0 Å². The van der Waals surface area contributed by atoms with Crippen LogP contribution >= 0.6 is 11.6 Å². The third kappa shape index (κ3) is 1.84. The summed E-state index contributed by atoms with van der Waals surface area (Å²) in [5, 5.41) is 6.11. The summed E-state index contributed by atoms with van der Waals surface area (Å²) < 4.78 is 1.87. The second kappa shape index (κ2) is 4.38. The molecular formula is C13H11ClN4. The van der Waals surface area contributed by atoms with Gasteiger partial charge in [-0.05, 0) is 30.7 Å². The minimum atomic E-state index is 0.667. The lowest BCUT2D eigenvalue weighted by molar-refractivity contribution is 0.695. The highest BCUT2D eigenvalue weighted by molar-refractivity contribution is 6.35. The first-order valence-electron chi connectivity index (χ1n) is 5.62. The molecule has 0 aliphatic carbocycles. The molecule has 0 aromatic carbocycles. The second-order valence-electron chi connectivity index (χ2n) is 4.09. The molecule has 0 aliphatic rings. The fourth-order valence-electron chi connectivity index (χ4n) is 2.01. The van der Waals surface area contributed by atoms with E-state index in [9.17, 15) is 0 Å². The Morgan fingerprint density at radius 3 is 2.72 bits per heavy atom. The fourth-order valence-corrected chi connectivity index (χ4v) is 2.29. The lowest BCUT2D eigenvalue weighted by Gasteiger charge is -2.02. The lowest BCUT2D eigenvalue weighted by atomic mass is 10.2. The average Bonchev–Trinajstić information content (AvgIpc) is 2.69. The molecule has 5 heteroatoms. The van der Waals surface area contributed by atoms with E-state index in [2.05, 4.69) is 15.1 Å². The van der Waals surface area contributed by atoms with E-state index in [1.165, 1.54) is 0 Å². The Morgan fingerprint density at radius 1 is 1.17 bits per heavy atom. The van der Waals surface area contributed by atoms with Crippen molar-refractivity contribution in [3.63, 3.8) is 0 Å². The van der Waals surface area contributed by atoms with Crippen LogP contribution in [0.4, 0.5) is 0 Å². The Morgan fingerprint density at radius 2 is 1.94 bits per heavy atom. The van der Waals surface area contributed by atoms with Crippen molar-refractivity contribution in [2.24, 2.45) is 0 Å². The maximum absolute atomic E-state index is 6.18. The Kier molecular flexibility index (Phi) is 2.72. The summed E-state index contributed by atoms with van der Waals surface area (Å²) in [4.78, 5) is 8.36. The Balaban J connectivity index is 2.11. The minimum Gasteiger partial charge on any atom is -0.265 e. The SMILES string of the molecule is Cc1nn(Cc2ccncc2)c2nccc(Cl)c12. The van der Waals surface area contributed by atoms with Crippen LogP contribution in [0.5, 0.6) is 0 Å². The predicted octanol–water partition coefficient (Wildman–Crippen LogP) is 2.84. The normalized spacial score (nSPS) is 11.0. The molecular weight excluding hydrogens is 248 g/mol. The Labute approximate surface area is 109 Å². The maximum Gasteiger partial charge on any atom is 0.159 e. The van der Waals surface area contributed by atoms with Crippen molar-refractivity contribution in [1.82, 2.24) is 19.7 Å². The van der Waals surface area contributed by atoms with Crippen LogP contribution in [0.15, 0.2) is 36.8 Å². The highest BCUT2D eigenvalue weighted by Crippen LogP contribution is 2.24. The zero-order valence-corrected chi connectivity index (χ0v) is 10.6. The van der Waals surface area contributed by atoms with E-state index in [1.807, 2.05) is 23.7 Å². The van der Waals surface area contributed by atoms with Gasteiger partial charge < -0.3 is 0 Å². The number of rotatable bonds is 2. The largest absolute Gasteiger partial charge is 0.265 e. The molecule has 3 aromatic heterocycles. The van der Waals surface area contributed by atoms with Crippen molar-refractivity contribution in [2.75, 3.05) is 0 Å². The van der Waals surface area contributed by atoms with E-state index in [-0.39, 0.29) is 0 Å². The maximum atomic E-state index is 6.18. The molecule has 0 aliphatic heterocycles. The van der Waals surface area contributed by atoms with E-state index in [4.69, 9.17) is 11.6 Å². The molecule has 0 N–H and O–H groups in total. The van der Waals surface area contributed by atoms with Gasteiger partial charge in [-0.15, -0.1) is 0 Å². The van der Waals surface area contributed by atoms with E-state index < -0.39 is 0 Å². The first-order valence-corrected chi connectivity index (χ1v) is 6.00. The molecule has 0 fully saturated rings. The van der Waals surface area contributed by atoms with Crippen molar-refractivity contribution in [3.05, 3.63) is 53.1 Å². The molecule has 90 valence electrons. The van der Waals surface area contributed by atoms with Gasteiger partial charge in [-0.1, -0.05) is 11.6 Å². The third-order valence-corrected chi connectivity index (χ3v) is 3.15. The summed E-state index contributed by atoms with van der Waals surface area (Å²) in [5.41, 5.74) is 2.85. The van der Waals surface area contributed by atoms with Crippen LogP contribution in [-0.4, -0.2) is 19.7 Å². The number of halogens is 1. The Hall–Kier alpha value is -1.94. The van der Waals surface area contributed by atoms with Crippen molar-refractivity contribution in [2.45, 2.75) is 13.5 Å². The molecule has 0 atom stereocenters. The van der Waals surface area contributed by atoms with E-state index in [0.29, 0.717) is 11.6 Å². The van der Waals surface area contributed by atoms with Crippen LogP contribution in [0.1, 0.15) is 11.3 Å².